The van der Waals surface area contributed by atoms with E-state index in [4.69, 9.17) is 9.47 Å². The molecule has 2 aromatic heterocycles. The highest BCUT2D eigenvalue weighted by atomic mass is 32.1. The highest BCUT2D eigenvalue weighted by molar-refractivity contribution is 7.16. The van der Waals surface area contributed by atoms with Gasteiger partial charge in [0.15, 0.2) is 11.6 Å². The van der Waals surface area contributed by atoms with Crippen LogP contribution in [0.3, 0.4) is 0 Å². The Hall–Kier alpha value is -2.74. The molecular weight excluding hydrogens is 342 g/mol. The van der Waals surface area contributed by atoms with Gasteiger partial charge in [0.2, 0.25) is 4.96 Å². The molecule has 0 radical (unpaired) electrons. The first kappa shape index (κ1) is 17.1. The van der Waals surface area contributed by atoms with Crippen molar-refractivity contribution < 1.29 is 14.3 Å². The number of benzene rings is 1. The number of fused-ring (bicyclic) bond motifs is 1. The van der Waals surface area contributed by atoms with Crippen molar-refractivity contribution in [1.29, 1.82) is 0 Å². The molecule has 3 aromatic rings. The number of hydrogen-bond acceptors (Lipinski definition) is 7. The Balaban J connectivity index is 1.59. The van der Waals surface area contributed by atoms with Gasteiger partial charge in [-0.15, -0.1) is 0 Å². The Bertz CT molecular complexity index is 993. The number of carbonyl (C=O) groups excluding carboxylic acids is 1. The van der Waals surface area contributed by atoms with Crippen molar-refractivity contribution in [2.75, 3.05) is 6.61 Å². The number of ether oxygens (including phenoxy) is 2. The standard InChI is InChI=1S/C17H17N3O4S/c1-10-4-5-13(11(2)6-10)23-9-16(22)24-8-14-19-20-15(21)7-12(3)18-17(20)25-14/h4-7H,8-9H2,1-3H3. The smallest absolute Gasteiger partial charge is 0.344 e. The van der Waals surface area contributed by atoms with Crippen LogP contribution in [0.25, 0.3) is 4.96 Å². The average molecular weight is 359 g/mol. The summed E-state index contributed by atoms with van der Waals surface area (Å²) >= 11 is 1.21. The largest absolute Gasteiger partial charge is 0.482 e. The highest BCUT2D eigenvalue weighted by Gasteiger charge is 2.11. The summed E-state index contributed by atoms with van der Waals surface area (Å²) in [6, 6.07) is 7.13. The maximum atomic E-state index is 11.8. The zero-order valence-electron chi connectivity index (χ0n) is 14.1. The minimum absolute atomic E-state index is 0.0262. The molecule has 0 saturated heterocycles. The van der Waals surface area contributed by atoms with E-state index in [-0.39, 0.29) is 18.8 Å². The Morgan fingerprint density at radius 1 is 1.24 bits per heavy atom. The fourth-order valence-corrected chi connectivity index (χ4v) is 3.16. The molecule has 0 spiro atoms. The van der Waals surface area contributed by atoms with Crippen LogP contribution in [0.5, 0.6) is 5.75 Å². The molecule has 0 N–H and O–H groups in total. The van der Waals surface area contributed by atoms with Crippen molar-refractivity contribution in [2.24, 2.45) is 0 Å². The number of aryl methyl sites for hydroxylation is 3. The van der Waals surface area contributed by atoms with Crippen LogP contribution >= 0.6 is 11.3 Å². The van der Waals surface area contributed by atoms with Crippen molar-refractivity contribution in [3.63, 3.8) is 0 Å². The number of rotatable bonds is 5. The number of nitrogens with zero attached hydrogens (tertiary/aromatic N) is 3. The van der Waals surface area contributed by atoms with Crippen molar-refractivity contribution in [3.8, 4) is 5.75 Å². The molecule has 8 heteroatoms. The Labute approximate surface area is 147 Å². The van der Waals surface area contributed by atoms with Crippen LogP contribution in [0, 0.1) is 20.8 Å². The third kappa shape index (κ3) is 4.03. The van der Waals surface area contributed by atoms with Gasteiger partial charge < -0.3 is 9.47 Å². The van der Waals surface area contributed by atoms with Crippen molar-refractivity contribution >= 4 is 22.3 Å². The van der Waals surface area contributed by atoms with E-state index >= 15 is 0 Å². The zero-order valence-corrected chi connectivity index (χ0v) is 14.9. The van der Waals surface area contributed by atoms with Gasteiger partial charge in [-0.2, -0.15) is 9.61 Å². The number of esters is 1. The number of hydrogen-bond donors (Lipinski definition) is 0. The van der Waals surface area contributed by atoms with Crippen LogP contribution < -0.4 is 10.3 Å². The molecule has 0 atom stereocenters. The lowest BCUT2D eigenvalue weighted by molar-refractivity contribution is -0.147. The molecular formula is C17H17N3O4S. The van der Waals surface area contributed by atoms with Crippen LogP contribution in [-0.2, 0) is 16.1 Å². The molecule has 7 nitrogen and oxygen atoms in total. The van der Waals surface area contributed by atoms with Gasteiger partial charge in [0.25, 0.3) is 5.56 Å². The molecule has 25 heavy (non-hydrogen) atoms. The van der Waals surface area contributed by atoms with Gasteiger partial charge in [-0.25, -0.2) is 9.78 Å². The normalized spacial score (nSPS) is 10.8. The average Bonchev–Trinajstić information content (AvgIpc) is 2.95. The molecule has 0 aliphatic carbocycles. The fourth-order valence-electron chi connectivity index (χ4n) is 2.30. The van der Waals surface area contributed by atoms with Gasteiger partial charge in [-0.3, -0.25) is 4.79 Å². The van der Waals surface area contributed by atoms with Gasteiger partial charge in [-0.05, 0) is 32.4 Å². The lowest BCUT2D eigenvalue weighted by Gasteiger charge is -2.09. The van der Waals surface area contributed by atoms with E-state index in [9.17, 15) is 9.59 Å². The maximum Gasteiger partial charge on any atom is 0.344 e. The predicted molar refractivity (Wildman–Crippen MR) is 93.1 cm³/mol. The molecule has 0 aliphatic heterocycles. The third-order valence-corrected chi connectivity index (χ3v) is 4.33. The Morgan fingerprint density at radius 3 is 2.80 bits per heavy atom. The van der Waals surface area contributed by atoms with Gasteiger partial charge in [0.05, 0.1) is 0 Å². The first-order chi connectivity index (χ1) is 11.9. The maximum absolute atomic E-state index is 11.8. The van der Waals surface area contributed by atoms with E-state index in [1.807, 2.05) is 32.0 Å². The van der Waals surface area contributed by atoms with Gasteiger partial charge in [0, 0.05) is 11.8 Å². The molecule has 0 aliphatic rings. The summed E-state index contributed by atoms with van der Waals surface area (Å²) in [6.07, 6.45) is 0. The molecule has 0 amide bonds. The molecule has 3 rings (SSSR count). The lowest BCUT2D eigenvalue weighted by atomic mass is 10.1. The van der Waals surface area contributed by atoms with Crippen molar-refractivity contribution in [2.45, 2.75) is 27.4 Å². The van der Waals surface area contributed by atoms with E-state index < -0.39 is 5.97 Å². The molecule has 0 bridgehead atoms. The summed E-state index contributed by atoms with van der Waals surface area (Å²) in [7, 11) is 0. The summed E-state index contributed by atoms with van der Waals surface area (Å²) in [4.78, 5) is 28.4. The summed E-state index contributed by atoms with van der Waals surface area (Å²) < 4.78 is 11.8. The number of carbonyl (C=O) groups is 1. The molecule has 2 heterocycles. The Morgan fingerprint density at radius 2 is 2.04 bits per heavy atom. The summed E-state index contributed by atoms with van der Waals surface area (Å²) in [5.74, 6) is 0.143. The molecule has 1 aromatic carbocycles. The van der Waals surface area contributed by atoms with Crippen LogP contribution in [0.1, 0.15) is 21.8 Å². The van der Waals surface area contributed by atoms with Crippen LogP contribution in [0.2, 0.25) is 0 Å². The number of aromatic nitrogens is 3. The first-order valence-electron chi connectivity index (χ1n) is 7.64. The van der Waals surface area contributed by atoms with Gasteiger partial charge >= 0.3 is 5.97 Å². The molecule has 0 saturated carbocycles. The lowest BCUT2D eigenvalue weighted by Crippen LogP contribution is -2.16. The first-order valence-corrected chi connectivity index (χ1v) is 8.46. The van der Waals surface area contributed by atoms with Crippen molar-refractivity contribution in [1.82, 2.24) is 14.6 Å². The fraction of sp³-hybridized carbons (Fsp3) is 0.294. The summed E-state index contributed by atoms with van der Waals surface area (Å²) in [5.41, 5.74) is 2.45. The van der Waals surface area contributed by atoms with E-state index in [0.29, 0.717) is 21.4 Å². The third-order valence-electron chi connectivity index (χ3n) is 3.45. The summed E-state index contributed by atoms with van der Waals surface area (Å²) in [5, 5.41) is 4.61. The quantitative estimate of drug-likeness (QED) is 0.650. The zero-order chi connectivity index (χ0) is 18.0. The Kier molecular flexibility index (Phi) is 4.80. The van der Waals surface area contributed by atoms with Crippen molar-refractivity contribution in [3.05, 3.63) is 56.4 Å². The minimum atomic E-state index is -0.504. The molecule has 0 unspecified atom stereocenters. The minimum Gasteiger partial charge on any atom is -0.482 e. The molecule has 130 valence electrons. The van der Waals surface area contributed by atoms with Crippen LogP contribution in [-0.4, -0.2) is 27.2 Å². The van der Waals surface area contributed by atoms with E-state index in [2.05, 4.69) is 10.1 Å². The highest BCUT2D eigenvalue weighted by Crippen LogP contribution is 2.18. The summed E-state index contributed by atoms with van der Waals surface area (Å²) in [6.45, 7) is 5.44. The van der Waals surface area contributed by atoms with E-state index in [1.165, 1.54) is 21.9 Å². The second-order valence-corrected chi connectivity index (χ2v) is 6.68. The van der Waals surface area contributed by atoms with E-state index in [0.717, 1.165) is 11.1 Å². The SMILES string of the molecule is Cc1ccc(OCC(=O)OCc2nn3c(=O)cc(C)nc3s2)c(C)c1. The molecule has 0 fully saturated rings. The van der Waals surface area contributed by atoms with Gasteiger partial charge in [0.1, 0.15) is 12.4 Å². The monoisotopic (exact) mass is 359 g/mol. The predicted octanol–water partition coefficient (Wildman–Crippen LogP) is 2.20. The van der Waals surface area contributed by atoms with Gasteiger partial charge in [-0.1, -0.05) is 29.0 Å². The second kappa shape index (κ2) is 7.02. The van der Waals surface area contributed by atoms with Crippen LogP contribution in [0.15, 0.2) is 29.1 Å². The van der Waals surface area contributed by atoms with E-state index in [1.54, 1.807) is 6.92 Å². The van der Waals surface area contributed by atoms with Crippen LogP contribution in [0.4, 0.5) is 0 Å². The second-order valence-electron chi connectivity index (χ2n) is 5.64. The topological polar surface area (TPSA) is 82.8 Å².